The fourth-order valence-electron chi connectivity index (χ4n) is 6.85. The second-order valence-corrected chi connectivity index (χ2v) is 13.2. The number of epoxide rings is 1. The number of fused-ring (bicyclic) bond motifs is 1. The average molecular weight is 583 g/mol. The molecule has 4 aliphatic rings. The van der Waals surface area contributed by atoms with Crippen LogP contribution in [0.5, 0.6) is 5.75 Å². The van der Waals surface area contributed by atoms with Crippen molar-refractivity contribution in [3.8, 4) is 5.75 Å². The summed E-state index contributed by atoms with van der Waals surface area (Å²) in [6, 6.07) is 6.62. The Morgan fingerprint density at radius 3 is 2.33 bits per heavy atom. The Bertz CT molecular complexity index is 1130. The molecule has 7 atom stereocenters. The lowest BCUT2D eigenvalue weighted by molar-refractivity contribution is -0.134. The van der Waals surface area contributed by atoms with Crippen LogP contribution < -0.4 is 10.1 Å². The second-order valence-electron chi connectivity index (χ2n) is 13.2. The number of hydrogen-bond acceptors (Lipinski definition) is 8. The van der Waals surface area contributed by atoms with E-state index in [1.165, 1.54) is 6.42 Å². The summed E-state index contributed by atoms with van der Waals surface area (Å²) < 4.78 is 16.1. The van der Waals surface area contributed by atoms with Crippen molar-refractivity contribution < 1.29 is 33.4 Å². The Labute approximate surface area is 249 Å². The van der Waals surface area contributed by atoms with Crippen LogP contribution in [0.1, 0.15) is 57.9 Å². The molecule has 1 unspecified atom stereocenters. The van der Waals surface area contributed by atoms with E-state index in [1.807, 2.05) is 36.1 Å². The molecule has 1 aromatic rings. The van der Waals surface area contributed by atoms with Gasteiger partial charge in [0.05, 0.1) is 39.5 Å². The summed E-state index contributed by atoms with van der Waals surface area (Å²) in [5, 5.41) is 2.96. The zero-order valence-electron chi connectivity index (χ0n) is 25.3. The van der Waals surface area contributed by atoms with E-state index >= 15 is 0 Å². The van der Waals surface area contributed by atoms with Gasteiger partial charge >= 0.3 is 0 Å². The number of morpholine rings is 1. The first-order valence-corrected chi connectivity index (χ1v) is 15.6. The molecule has 4 fully saturated rings. The molecule has 9 nitrogen and oxygen atoms in total. The van der Waals surface area contributed by atoms with E-state index < -0.39 is 23.5 Å². The zero-order valence-corrected chi connectivity index (χ0v) is 25.3. The number of hydrogen-bond donors (Lipinski definition) is 1. The van der Waals surface area contributed by atoms with E-state index in [1.54, 1.807) is 14.0 Å². The predicted molar refractivity (Wildman–Crippen MR) is 156 cm³/mol. The second kappa shape index (κ2) is 13.3. The van der Waals surface area contributed by atoms with Gasteiger partial charge in [-0.2, -0.15) is 0 Å². The molecule has 230 valence electrons. The maximum atomic E-state index is 13.9. The van der Waals surface area contributed by atoms with Gasteiger partial charge in [-0.15, -0.1) is 0 Å². The molecule has 0 aromatic heterocycles. The molecule has 42 heavy (non-hydrogen) atoms. The number of benzene rings is 1. The Hall–Kier alpha value is -2.62. The largest absolute Gasteiger partial charge is 0.497 e. The monoisotopic (exact) mass is 582 g/mol. The van der Waals surface area contributed by atoms with Crippen LogP contribution in [0.4, 0.5) is 0 Å². The molecule has 5 rings (SSSR count). The van der Waals surface area contributed by atoms with Crippen LogP contribution in [0.3, 0.4) is 0 Å². The van der Waals surface area contributed by atoms with Crippen molar-refractivity contribution >= 4 is 23.3 Å². The summed E-state index contributed by atoms with van der Waals surface area (Å²) in [7, 11) is 1.60. The lowest BCUT2D eigenvalue weighted by Crippen LogP contribution is -2.46. The van der Waals surface area contributed by atoms with Crippen LogP contribution in [0.25, 0.3) is 0 Å². The first-order chi connectivity index (χ1) is 20.1. The molecule has 2 aliphatic heterocycles. The molecule has 1 aromatic carbocycles. The van der Waals surface area contributed by atoms with Crippen LogP contribution in [0.2, 0.25) is 0 Å². The van der Waals surface area contributed by atoms with E-state index in [9.17, 15) is 19.2 Å². The smallest absolute Gasteiger partial charge is 0.223 e. The summed E-state index contributed by atoms with van der Waals surface area (Å²) in [6.07, 6.45) is 4.77. The Balaban J connectivity index is 1.25. The summed E-state index contributed by atoms with van der Waals surface area (Å²) in [5.74, 6) is 1.28. The molecule has 0 radical (unpaired) electrons. The van der Waals surface area contributed by atoms with Crippen LogP contribution in [-0.4, -0.2) is 86.4 Å². The van der Waals surface area contributed by atoms with Gasteiger partial charge < -0.3 is 19.5 Å². The molecule has 9 heteroatoms. The fraction of sp³-hybridized carbons (Fsp3) is 0.697. The van der Waals surface area contributed by atoms with Crippen LogP contribution in [0, 0.1) is 29.6 Å². The highest BCUT2D eigenvalue weighted by molar-refractivity contribution is 5.97. The topological polar surface area (TPSA) is 115 Å². The number of methoxy groups -OCH3 is 1. The van der Waals surface area contributed by atoms with Gasteiger partial charge in [0, 0.05) is 37.8 Å². The van der Waals surface area contributed by atoms with Crippen LogP contribution in [-0.2, 0) is 35.1 Å². The van der Waals surface area contributed by atoms with E-state index in [2.05, 4.69) is 5.32 Å². The van der Waals surface area contributed by atoms with Crippen molar-refractivity contribution in [2.45, 2.75) is 70.4 Å². The molecule has 0 bridgehead atoms. The highest BCUT2D eigenvalue weighted by Crippen LogP contribution is 2.56. The van der Waals surface area contributed by atoms with Crippen LogP contribution in [0.15, 0.2) is 24.3 Å². The number of Topliss-reactive ketones (excluding diaryl/α,β-unsaturated/α-hetero) is 3. The SMILES string of the molecule is COc1ccc(C[C@H](NC(=O)[C@H](C)CC(=O)CN2CCOCC2)C(=O)C[C@@H](CC2C[C@@H]3C[C@@H]3C2)C(=O)[C@@]2(C)CO2)cc1. The third-order valence-corrected chi connectivity index (χ3v) is 9.67. The van der Waals surface area contributed by atoms with Gasteiger partial charge in [0.2, 0.25) is 5.91 Å². The number of ether oxygens (including phenoxy) is 3. The van der Waals surface area contributed by atoms with E-state index in [0.29, 0.717) is 64.0 Å². The standard InChI is InChI=1S/C33H46N2O7/c1-21(12-27(36)19-35-8-10-41-11-9-35)32(39)34-29(16-22-4-6-28(40-3)7-5-22)30(37)18-26(31(38)33(2)20-42-33)15-23-13-24-17-25(24)14-23/h4-7,21,23-26,29H,8-20H2,1-3H3,(H,34,39)/t21-,23?,24-,25+,26-,29+,33-/m1/s1. The molecule has 1 amide bonds. The van der Waals surface area contributed by atoms with Crippen molar-refractivity contribution in [2.24, 2.45) is 29.6 Å². The Morgan fingerprint density at radius 2 is 1.71 bits per heavy atom. The van der Waals surface area contributed by atoms with E-state index in [-0.39, 0.29) is 36.1 Å². The van der Waals surface area contributed by atoms with Crippen molar-refractivity contribution in [1.29, 1.82) is 0 Å². The minimum atomic E-state index is -0.803. The number of rotatable bonds is 16. The van der Waals surface area contributed by atoms with Gasteiger partial charge in [-0.3, -0.25) is 24.1 Å². The zero-order chi connectivity index (χ0) is 29.9. The minimum Gasteiger partial charge on any atom is -0.497 e. The lowest BCUT2D eigenvalue weighted by atomic mass is 9.80. The maximum Gasteiger partial charge on any atom is 0.223 e. The minimum absolute atomic E-state index is 0.00414. The van der Waals surface area contributed by atoms with Gasteiger partial charge in [0.25, 0.3) is 0 Å². The lowest BCUT2D eigenvalue weighted by Gasteiger charge is -2.27. The summed E-state index contributed by atoms with van der Waals surface area (Å²) in [5.41, 5.74) is 0.0815. The van der Waals surface area contributed by atoms with Crippen molar-refractivity contribution in [1.82, 2.24) is 10.2 Å². The summed E-state index contributed by atoms with van der Waals surface area (Å²) >= 11 is 0. The average Bonchev–Trinajstić information content (AvgIpc) is 3.88. The molecule has 1 N–H and O–H groups in total. The molecule has 2 saturated heterocycles. The molecule has 2 aliphatic carbocycles. The molecule has 0 spiro atoms. The van der Waals surface area contributed by atoms with Gasteiger partial charge in [0.15, 0.2) is 11.6 Å². The third kappa shape index (κ3) is 8.05. The highest BCUT2D eigenvalue weighted by atomic mass is 16.6. The normalized spacial score (nSPS) is 28.7. The molecule has 2 saturated carbocycles. The molecular weight excluding hydrogens is 536 g/mol. The van der Waals surface area contributed by atoms with Gasteiger partial charge in [0.1, 0.15) is 17.1 Å². The molecular formula is C33H46N2O7. The Morgan fingerprint density at radius 1 is 1.05 bits per heavy atom. The molecule has 2 heterocycles. The summed E-state index contributed by atoms with van der Waals surface area (Å²) in [6.45, 7) is 6.85. The number of ketones is 3. The van der Waals surface area contributed by atoms with Gasteiger partial charge in [-0.05, 0) is 74.5 Å². The number of nitrogens with zero attached hydrogens (tertiary/aromatic N) is 1. The third-order valence-electron chi connectivity index (χ3n) is 9.67. The quantitative estimate of drug-likeness (QED) is 0.296. The fourth-order valence-corrected chi connectivity index (χ4v) is 6.85. The number of amides is 1. The van der Waals surface area contributed by atoms with Crippen LogP contribution >= 0.6 is 0 Å². The van der Waals surface area contributed by atoms with Crippen molar-refractivity contribution in [3.05, 3.63) is 29.8 Å². The number of nitrogens with one attached hydrogen (secondary N) is 1. The predicted octanol–water partition coefficient (Wildman–Crippen LogP) is 3.02. The first-order valence-electron chi connectivity index (χ1n) is 15.6. The summed E-state index contributed by atoms with van der Waals surface area (Å²) in [4.78, 5) is 55.5. The highest BCUT2D eigenvalue weighted by Gasteiger charge is 2.52. The van der Waals surface area contributed by atoms with Gasteiger partial charge in [-0.25, -0.2) is 0 Å². The van der Waals surface area contributed by atoms with Crippen molar-refractivity contribution in [3.63, 3.8) is 0 Å². The van der Waals surface area contributed by atoms with Gasteiger partial charge in [-0.1, -0.05) is 19.1 Å². The first kappa shape index (κ1) is 30.8. The number of carbonyl (C=O) groups is 4. The van der Waals surface area contributed by atoms with E-state index in [4.69, 9.17) is 14.2 Å². The Kier molecular flexibility index (Phi) is 9.80. The van der Waals surface area contributed by atoms with Crippen molar-refractivity contribution in [2.75, 3.05) is 46.6 Å². The number of carbonyl (C=O) groups excluding carboxylic acids is 4. The van der Waals surface area contributed by atoms with E-state index in [0.717, 1.165) is 30.2 Å². The maximum absolute atomic E-state index is 13.9.